The van der Waals surface area contributed by atoms with Crippen LogP contribution >= 0.6 is 23.2 Å². The summed E-state index contributed by atoms with van der Waals surface area (Å²) in [5.74, 6) is -5.07. The molecule has 0 spiro atoms. The zero-order chi connectivity index (χ0) is 28.9. The molecule has 2 amide bonds. The van der Waals surface area contributed by atoms with Crippen molar-refractivity contribution >= 4 is 47.0 Å². The van der Waals surface area contributed by atoms with E-state index in [-0.39, 0.29) is 17.9 Å². The highest BCUT2D eigenvalue weighted by Crippen LogP contribution is 2.59. The SMILES string of the molecule is COC(=O)[C@@]12CCCN1[C@H](c1ccc(-c3ccc(Cl)c(Cl)c3)cc1)[C@H]1C(=O)N(C)C(=O)[C@H]12.O=C(O)C(F)(F)F. The first kappa shape index (κ1) is 28.8. The van der Waals surface area contributed by atoms with Crippen molar-refractivity contribution in [1.82, 2.24) is 9.80 Å². The molecule has 0 unspecified atom stereocenters. The lowest BCUT2D eigenvalue weighted by molar-refractivity contribution is -0.192. The third-order valence-corrected chi connectivity index (χ3v) is 8.26. The molecule has 8 nitrogen and oxygen atoms in total. The summed E-state index contributed by atoms with van der Waals surface area (Å²) in [6, 6.07) is 12.9. The van der Waals surface area contributed by atoms with E-state index in [4.69, 9.17) is 37.8 Å². The molecule has 2 aromatic rings. The van der Waals surface area contributed by atoms with Gasteiger partial charge in [-0.15, -0.1) is 0 Å². The summed E-state index contributed by atoms with van der Waals surface area (Å²) >= 11 is 12.2. The molecule has 208 valence electrons. The second-order valence-corrected chi connectivity index (χ2v) is 10.3. The highest BCUT2D eigenvalue weighted by Gasteiger charge is 2.72. The van der Waals surface area contributed by atoms with E-state index in [0.717, 1.165) is 23.1 Å². The Balaban J connectivity index is 0.000000448. The minimum atomic E-state index is -5.08. The summed E-state index contributed by atoms with van der Waals surface area (Å²) < 4.78 is 36.9. The number of halogens is 5. The first-order valence-electron chi connectivity index (χ1n) is 11.8. The highest BCUT2D eigenvalue weighted by atomic mass is 35.5. The molecular formula is C26H23Cl2F3N2O6. The molecule has 0 aromatic heterocycles. The Bertz CT molecular complexity index is 1340. The number of carboxylic acids is 1. The van der Waals surface area contributed by atoms with E-state index in [1.54, 1.807) is 12.1 Å². The summed E-state index contributed by atoms with van der Waals surface area (Å²) in [6.45, 7) is 0.631. The molecule has 0 saturated carbocycles. The summed E-state index contributed by atoms with van der Waals surface area (Å²) in [5, 5.41) is 8.09. The number of hydrogen-bond acceptors (Lipinski definition) is 6. The Morgan fingerprint density at radius 3 is 2.15 bits per heavy atom. The number of imide groups is 1. The maximum absolute atomic E-state index is 13.1. The van der Waals surface area contributed by atoms with Gasteiger partial charge >= 0.3 is 18.1 Å². The van der Waals surface area contributed by atoms with Crippen LogP contribution in [0.1, 0.15) is 24.4 Å². The normalized spacial score (nSPS) is 26.1. The molecule has 3 aliphatic heterocycles. The molecule has 1 N–H and O–H groups in total. The number of carbonyl (C=O) groups is 4. The molecule has 0 radical (unpaired) electrons. The van der Waals surface area contributed by atoms with Gasteiger partial charge in [0, 0.05) is 13.1 Å². The lowest BCUT2D eigenvalue weighted by Crippen LogP contribution is -2.54. The molecule has 0 bridgehead atoms. The van der Waals surface area contributed by atoms with E-state index in [9.17, 15) is 27.6 Å². The summed E-state index contributed by atoms with van der Waals surface area (Å²) in [6.07, 6.45) is -3.81. The number of aliphatic carboxylic acids is 1. The molecule has 3 heterocycles. The predicted molar refractivity (Wildman–Crippen MR) is 134 cm³/mol. The fourth-order valence-electron chi connectivity index (χ4n) is 5.89. The summed E-state index contributed by atoms with van der Waals surface area (Å²) in [4.78, 5) is 51.3. The van der Waals surface area contributed by atoms with Crippen molar-refractivity contribution in [2.24, 2.45) is 11.8 Å². The summed E-state index contributed by atoms with van der Waals surface area (Å²) in [7, 11) is 2.84. The van der Waals surface area contributed by atoms with Crippen LogP contribution < -0.4 is 0 Å². The van der Waals surface area contributed by atoms with Crippen LogP contribution in [0.2, 0.25) is 10.0 Å². The Kier molecular flexibility index (Phi) is 7.72. The van der Waals surface area contributed by atoms with E-state index in [0.29, 0.717) is 23.0 Å². The fourth-order valence-corrected chi connectivity index (χ4v) is 6.19. The molecule has 4 atom stereocenters. The Hall–Kier alpha value is -3.15. The van der Waals surface area contributed by atoms with Crippen LogP contribution in [0.25, 0.3) is 11.1 Å². The second-order valence-electron chi connectivity index (χ2n) is 9.45. The van der Waals surface area contributed by atoms with Crippen LogP contribution in [0, 0.1) is 11.8 Å². The van der Waals surface area contributed by atoms with Crippen LogP contribution in [-0.4, -0.2) is 71.1 Å². The van der Waals surface area contributed by atoms with Crippen molar-refractivity contribution in [3.05, 3.63) is 58.1 Å². The molecular weight excluding hydrogens is 564 g/mol. The monoisotopic (exact) mass is 586 g/mol. The molecule has 3 saturated heterocycles. The number of carbonyl (C=O) groups excluding carboxylic acids is 3. The first-order valence-corrected chi connectivity index (χ1v) is 12.5. The highest BCUT2D eigenvalue weighted by molar-refractivity contribution is 6.42. The third kappa shape index (κ3) is 4.76. The van der Waals surface area contributed by atoms with E-state index < -0.39 is 35.5 Å². The standard InChI is InChI=1S/C24H22Cl2N2O4.C2HF3O2/c1-27-21(29)18-19(22(27)30)24(23(31)32-2)10-3-11-28(24)20(18)14-6-4-13(5-7-14)15-8-9-16(25)17(26)12-15;3-2(4,5)1(6)7/h4-9,12,18-20H,3,10-11H2,1-2H3;(H,6,7)/t18-,19-,20+,24-;/m0./s1. The average molecular weight is 587 g/mol. The number of rotatable bonds is 3. The number of esters is 1. The van der Waals surface area contributed by atoms with Crippen LogP contribution in [0.15, 0.2) is 42.5 Å². The zero-order valence-electron chi connectivity index (χ0n) is 20.7. The average Bonchev–Trinajstić information content (AvgIpc) is 3.51. The lowest BCUT2D eigenvalue weighted by Gasteiger charge is -2.35. The predicted octanol–water partition coefficient (Wildman–Crippen LogP) is 4.59. The van der Waals surface area contributed by atoms with Gasteiger partial charge in [0.15, 0.2) is 0 Å². The van der Waals surface area contributed by atoms with Crippen molar-refractivity contribution in [2.45, 2.75) is 30.6 Å². The smallest absolute Gasteiger partial charge is 0.475 e. The minimum Gasteiger partial charge on any atom is -0.475 e. The molecule has 39 heavy (non-hydrogen) atoms. The van der Waals surface area contributed by atoms with E-state index in [1.807, 2.05) is 35.2 Å². The van der Waals surface area contributed by atoms with Gasteiger partial charge in [-0.2, -0.15) is 13.2 Å². The first-order chi connectivity index (χ1) is 18.2. The maximum Gasteiger partial charge on any atom is 0.490 e. The van der Waals surface area contributed by atoms with Gasteiger partial charge in [-0.3, -0.25) is 24.2 Å². The van der Waals surface area contributed by atoms with Crippen molar-refractivity contribution in [3.63, 3.8) is 0 Å². The van der Waals surface area contributed by atoms with Crippen molar-refractivity contribution in [3.8, 4) is 11.1 Å². The van der Waals surface area contributed by atoms with Gasteiger partial charge in [-0.05, 0) is 48.2 Å². The molecule has 3 fully saturated rings. The number of hydrogen-bond donors (Lipinski definition) is 1. The van der Waals surface area contributed by atoms with Gasteiger partial charge in [0.05, 0.1) is 29.0 Å². The maximum atomic E-state index is 13.1. The van der Waals surface area contributed by atoms with E-state index in [2.05, 4.69) is 0 Å². The minimum absolute atomic E-state index is 0.240. The molecule has 13 heteroatoms. The van der Waals surface area contributed by atoms with Gasteiger partial charge in [0.25, 0.3) is 0 Å². The lowest BCUT2D eigenvalue weighted by atomic mass is 9.77. The van der Waals surface area contributed by atoms with Gasteiger partial charge in [-0.1, -0.05) is 53.5 Å². The fraction of sp³-hybridized carbons (Fsp3) is 0.385. The van der Waals surface area contributed by atoms with Crippen molar-refractivity contribution < 1.29 is 42.2 Å². The van der Waals surface area contributed by atoms with Crippen LogP contribution in [0.5, 0.6) is 0 Å². The Labute approximate surface area is 231 Å². The molecule has 2 aromatic carbocycles. The molecule has 3 aliphatic rings. The molecule has 5 rings (SSSR count). The largest absolute Gasteiger partial charge is 0.490 e. The molecule has 0 aliphatic carbocycles. The van der Waals surface area contributed by atoms with Crippen molar-refractivity contribution in [2.75, 3.05) is 20.7 Å². The number of likely N-dealkylation sites (tertiary alicyclic amines) is 1. The number of fused-ring (bicyclic) bond motifs is 3. The third-order valence-electron chi connectivity index (χ3n) is 7.52. The zero-order valence-corrected chi connectivity index (χ0v) is 22.2. The van der Waals surface area contributed by atoms with Crippen LogP contribution in [0.4, 0.5) is 13.2 Å². The summed E-state index contributed by atoms with van der Waals surface area (Å²) in [5.41, 5.74) is 1.68. The van der Waals surface area contributed by atoms with Gasteiger partial charge in [-0.25, -0.2) is 4.79 Å². The topological polar surface area (TPSA) is 104 Å². The van der Waals surface area contributed by atoms with Gasteiger partial charge < -0.3 is 9.84 Å². The number of carboxylic acid groups (broad SMARTS) is 1. The van der Waals surface area contributed by atoms with Gasteiger partial charge in [0.1, 0.15) is 5.54 Å². The van der Waals surface area contributed by atoms with Gasteiger partial charge in [0.2, 0.25) is 11.8 Å². The number of benzene rings is 2. The van der Waals surface area contributed by atoms with E-state index in [1.165, 1.54) is 19.1 Å². The number of alkyl halides is 3. The van der Waals surface area contributed by atoms with Crippen molar-refractivity contribution in [1.29, 1.82) is 0 Å². The number of nitrogens with zero attached hydrogens (tertiary/aromatic N) is 2. The number of ether oxygens (including phenoxy) is 1. The van der Waals surface area contributed by atoms with E-state index >= 15 is 0 Å². The second kappa shape index (κ2) is 10.4. The Morgan fingerprint density at radius 1 is 1.03 bits per heavy atom. The Morgan fingerprint density at radius 2 is 1.62 bits per heavy atom. The van der Waals surface area contributed by atoms with Crippen LogP contribution in [-0.2, 0) is 23.9 Å². The quantitative estimate of drug-likeness (QED) is 0.414. The number of amides is 2. The van der Waals surface area contributed by atoms with Crippen LogP contribution in [0.3, 0.4) is 0 Å². The number of methoxy groups -OCH3 is 1.